The molecule has 3 heterocycles. The van der Waals surface area contributed by atoms with Crippen LogP contribution < -0.4 is 10.6 Å². The summed E-state index contributed by atoms with van der Waals surface area (Å²) >= 11 is 1.58. The van der Waals surface area contributed by atoms with Crippen LogP contribution in [0.5, 0.6) is 0 Å². The Labute approximate surface area is 189 Å². The third kappa shape index (κ3) is 3.40. The predicted molar refractivity (Wildman–Crippen MR) is 126 cm³/mol. The molecule has 0 spiro atoms. The van der Waals surface area contributed by atoms with Gasteiger partial charge in [-0.15, -0.1) is 11.3 Å². The van der Waals surface area contributed by atoms with E-state index in [0.717, 1.165) is 27.5 Å². The van der Waals surface area contributed by atoms with Crippen molar-refractivity contribution in [2.75, 3.05) is 4.90 Å². The van der Waals surface area contributed by atoms with Gasteiger partial charge in [-0.1, -0.05) is 42.5 Å². The van der Waals surface area contributed by atoms with Gasteiger partial charge in [0.05, 0.1) is 16.5 Å². The summed E-state index contributed by atoms with van der Waals surface area (Å²) in [5.74, 6) is -0.941. The number of hydrogen-bond donors (Lipinski definition) is 1. The second kappa shape index (κ2) is 8.09. The van der Waals surface area contributed by atoms with Gasteiger partial charge in [0.1, 0.15) is 11.4 Å². The lowest BCUT2D eigenvalue weighted by molar-refractivity contribution is -0.119. The van der Waals surface area contributed by atoms with Crippen molar-refractivity contribution in [2.24, 2.45) is 5.73 Å². The van der Waals surface area contributed by atoms with Crippen molar-refractivity contribution >= 4 is 28.8 Å². The molecule has 4 aromatic rings. The topological polar surface area (TPSA) is 81.2 Å². The van der Waals surface area contributed by atoms with Gasteiger partial charge in [0.15, 0.2) is 0 Å². The predicted octanol–water partition coefficient (Wildman–Crippen LogP) is 4.61. The van der Waals surface area contributed by atoms with E-state index in [1.165, 1.54) is 0 Å². The van der Waals surface area contributed by atoms with Crippen molar-refractivity contribution in [3.05, 3.63) is 89.4 Å². The van der Waals surface area contributed by atoms with Gasteiger partial charge in [-0.25, -0.2) is 4.68 Å². The minimum atomic E-state index is -0.411. The molecule has 5 rings (SSSR count). The van der Waals surface area contributed by atoms with Gasteiger partial charge in [-0.2, -0.15) is 5.10 Å². The van der Waals surface area contributed by atoms with Crippen molar-refractivity contribution < 1.29 is 9.59 Å². The number of primary amides is 1. The third-order valence-electron chi connectivity index (χ3n) is 5.85. The van der Waals surface area contributed by atoms with Gasteiger partial charge >= 0.3 is 0 Å². The van der Waals surface area contributed by atoms with E-state index in [1.54, 1.807) is 20.9 Å². The fraction of sp³-hybridized carbons (Fsp3) is 0.160. The minimum absolute atomic E-state index is 0.160. The molecule has 6 nitrogen and oxygen atoms in total. The molecule has 0 radical (unpaired) electrons. The first-order chi connectivity index (χ1) is 15.5. The number of rotatable bonds is 4. The van der Waals surface area contributed by atoms with Crippen molar-refractivity contribution in [1.29, 1.82) is 0 Å². The number of aromatic nitrogens is 2. The Morgan fingerprint density at radius 2 is 1.78 bits per heavy atom. The van der Waals surface area contributed by atoms with Crippen LogP contribution >= 0.6 is 11.3 Å². The van der Waals surface area contributed by atoms with Crippen LogP contribution in [0, 0.1) is 0 Å². The Hall–Kier alpha value is -3.71. The van der Waals surface area contributed by atoms with Crippen LogP contribution in [-0.2, 0) is 4.79 Å². The van der Waals surface area contributed by atoms with Crippen LogP contribution in [0.15, 0.2) is 78.2 Å². The Bertz CT molecular complexity index is 1280. The van der Waals surface area contributed by atoms with Crippen LogP contribution in [0.4, 0.5) is 5.69 Å². The van der Waals surface area contributed by atoms with Crippen molar-refractivity contribution in [3.8, 4) is 16.3 Å². The largest absolute Gasteiger partial charge is 0.369 e. The number of carbonyl (C=O) groups excluding carboxylic acids is 2. The van der Waals surface area contributed by atoms with Crippen molar-refractivity contribution in [3.63, 3.8) is 0 Å². The molecule has 160 valence electrons. The summed E-state index contributed by atoms with van der Waals surface area (Å²) in [5, 5.41) is 6.76. The highest BCUT2D eigenvalue weighted by Gasteiger charge is 2.37. The van der Waals surface area contributed by atoms with Gasteiger partial charge < -0.3 is 10.6 Å². The third-order valence-corrected chi connectivity index (χ3v) is 6.75. The van der Waals surface area contributed by atoms with E-state index in [9.17, 15) is 9.59 Å². The Balaban J connectivity index is 1.64. The second-order valence-corrected chi connectivity index (χ2v) is 8.86. The van der Waals surface area contributed by atoms with Gasteiger partial charge in [-0.3, -0.25) is 9.59 Å². The molecule has 0 saturated heterocycles. The number of fused-ring (bicyclic) bond motifs is 1. The van der Waals surface area contributed by atoms with Crippen LogP contribution in [0.1, 0.15) is 35.3 Å². The average molecular weight is 443 g/mol. The highest BCUT2D eigenvalue weighted by Crippen LogP contribution is 2.39. The molecule has 1 aliphatic heterocycles. The van der Waals surface area contributed by atoms with E-state index < -0.39 is 5.92 Å². The summed E-state index contributed by atoms with van der Waals surface area (Å²) < 4.78 is 1.70. The molecule has 0 bridgehead atoms. The first kappa shape index (κ1) is 20.2. The summed E-state index contributed by atoms with van der Waals surface area (Å²) in [6.45, 7) is 1.95. The SMILES string of the molecule is C[C@H]1C[C@H](C(N)=O)c2ccccc2N1C(=O)c1cc(-c2cccs2)nn1-c1ccccc1. The van der Waals surface area contributed by atoms with Crippen LogP contribution in [-0.4, -0.2) is 27.6 Å². The molecule has 2 aromatic carbocycles. The number of nitrogens with zero attached hydrogens (tertiary/aromatic N) is 3. The lowest BCUT2D eigenvalue weighted by Crippen LogP contribution is -2.45. The molecule has 1 aliphatic rings. The van der Waals surface area contributed by atoms with Gasteiger partial charge in [0.25, 0.3) is 5.91 Å². The molecule has 2 amide bonds. The summed E-state index contributed by atoms with van der Waals surface area (Å²) in [6.07, 6.45) is 0.481. The van der Waals surface area contributed by atoms with E-state index >= 15 is 0 Å². The molecular weight excluding hydrogens is 420 g/mol. The number of thiophene rings is 1. The first-order valence-corrected chi connectivity index (χ1v) is 11.3. The van der Waals surface area contributed by atoms with Crippen LogP contribution in [0.2, 0.25) is 0 Å². The molecule has 2 aromatic heterocycles. The summed E-state index contributed by atoms with van der Waals surface area (Å²) in [5.41, 5.74) is 9.22. The monoisotopic (exact) mass is 442 g/mol. The van der Waals surface area contributed by atoms with Gasteiger partial charge in [-0.05, 0) is 54.6 Å². The fourth-order valence-corrected chi connectivity index (χ4v) is 5.04. The molecule has 2 N–H and O–H groups in total. The maximum atomic E-state index is 14.0. The van der Waals surface area contributed by atoms with E-state index in [1.807, 2.05) is 85.1 Å². The molecule has 32 heavy (non-hydrogen) atoms. The van der Waals surface area contributed by atoms with Crippen molar-refractivity contribution in [1.82, 2.24) is 9.78 Å². The fourth-order valence-electron chi connectivity index (χ4n) is 4.36. The van der Waals surface area contributed by atoms with E-state index in [4.69, 9.17) is 10.8 Å². The zero-order valence-corrected chi connectivity index (χ0v) is 18.3. The Morgan fingerprint density at radius 3 is 2.50 bits per heavy atom. The lowest BCUT2D eigenvalue weighted by atomic mass is 9.85. The lowest BCUT2D eigenvalue weighted by Gasteiger charge is -2.38. The van der Waals surface area contributed by atoms with Crippen LogP contribution in [0.3, 0.4) is 0 Å². The number of para-hydroxylation sites is 2. The number of nitrogens with two attached hydrogens (primary N) is 1. The van der Waals surface area contributed by atoms with Gasteiger partial charge in [0.2, 0.25) is 5.91 Å². The highest BCUT2D eigenvalue weighted by atomic mass is 32.1. The van der Waals surface area contributed by atoms with Crippen molar-refractivity contribution in [2.45, 2.75) is 25.3 Å². The number of hydrogen-bond acceptors (Lipinski definition) is 4. The zero-order chi connectivity index (χ0) is 22.2. The van der Waals surface area contributed by atoms with E-state index in [2.05, 4.69) is 0 Å². The van der Waals surface area contributed by atoms with E-state index in [-0.39, 0.29) is 17.9 Å². The normalized spacial score (nSPS) is 17.7. The number of amides is 2. The summed E-state index contributed by atoms with van der Waals surface area (Å²) in [7, 11) is 0. The molecule has 2 atom stereocenters. The smallest absolute Gasteiger partial charge is 0.277 e. The molecule has 0 unspecified atom stereocenters. The standard InChI is InChI=1S/C25H22N4O2S/c1-16-14-19(24(26)30)18-10-5-6-11-21(18)28(16)25(31)22-15-20(23-12-7-13-32-23)27-29(22)17-8-3-2-4-9-17/h2-13,15-16,19H,14H2,1H3,(H2,26,30)/t16-,19-/m0/s1. The first-order valence-electron chi connectivity index (χ1n) is 10.5. The molecule has 0 saturated carbocycles. The minimum Gasteiger partial charge on any atom is -0.369 e. The van der Waals surface area contributed by atoms with Gasteiger partial charge in [0, 0.05) is 11.7 Å². The molecule has 7 heteroatoms. The maximum absolute atomic E-state index is 14.0. The zero-order valence-electron chi connectivity index (χ0n) is 17.5. The number of carbonyl (C=O) groups is 2. The summed E-state index contributed by atoms with van der Waals surface area (Å²) in [6, 6.07) is 22.7. The van der Waals surface area contributed by atoms with E-state index in [0.29, 0.717) is 12.1 Å². The maximum Gasteiger partial charge on any atom is 0.277 e. The second-order valence-electron chi connectivity index (χ2n) is 7.91. The summed E-state index contributed by atoms with van der Waals surface area (Å²) in [4.78, 5) is 28.8. The highest BCUT2D eigenvalue weighted by molar-refractivity contribution is 7.13. The van der Waals surface area contributed by atoms with Crippen LogP contribution in [0.25, 0.3) is 16.3 Å². The average Bonchev–Trinajstić information content (AvgIpc) is 3.49. The number of anilines is 1. The Morgan fingerprint density at radius 1 is 1.03 bits per heavy atom. The Kier molecular flexibility index (Phi) is 5.11. The molecular formula is C25H22N4O2S. The molecule has 0 fully saturated rings. The molecule has 0 aliphatic carbocycles. The number of benzene rings is 2. The quantitative estimate of drug-likeness (QED) is 0.501.